The number of ether oxygens (including phenoxy) is 2. The number of hydrogen-bond acceptors (Lipinski definition) is 5. The number of aryl methyl sites for hydroxylation is 1. The lowest BCUT2D eigenvalue weighted by atomic mass is 10.2. The standard InChI is InChI=1S/C16H17N3O4S/c1-10-6-15(23-3)16(8-14(10)22-2)24(20,21)19-12-5-4-11-9-17-18-13(11)7-12/h4-9,19H,1-3H3,(H,17,18). The summed E-state index contributed by atoms with van der Waals surface area (Å²) in [7, 11) is -0.928. The Kier molecular flexibility index (Phi) is 4.06. The molecule has 0 saturated heterocycles. The van der Waals surface area contributed by atoms with Gasteiger partial charge in [0, 0.05) is 11.5 Å². The molecule has 2 aromatic carbocycles. The van der Waals surface area contributed by atoms with Crippen LogP contribution in [0.25, 0.3) is 10.9 Å². The predicted molar refractivity (Wildman–Crippen MR) is 91.2 cm³/mol. The molecule has 0 atom stereocenters. The molecule has 0 aliphatic heterocycles. The maximum atomic E-state index is 12.8. The molecule has 3 aromatic rings. The maximum Gasteiger partial charge on any atom is 0.265 e. The normalized spacial score (nSPS) is 11.5. The fourth-order valence-corrected chi connectivity index (χ4v) is 3.66. The quantitative estimate of drug-likeness (QED) is 0.740. The van der Waals surface area contributed by atoms with Crippen LogP contribution in [0.1, 0.15) is 5.56 Å². The van der Waals surface area contributed by atoms with Crippen LogP contribution in [0.15, 0.2) is 41.4 Å². The summed E-state index contributed by atoms with van der Waals surface area (Å²) >= 11 is 0. The molecular formula is C16H17N3O4S. The molecule has 0 saturated carbocycles. The monoisotopic (exact) mass is 347 g/mol. The van der Waals surface area contributed by atoms with Gasteiger partial charge in [0.1, 0.15) is 16.4 Å². The first-order valence-electron chi connectivity index (χ1n) is 7.13. The summed E-state index contributed by atoms with van der Waals surface area (Å²) in [5.41, 5.74) is 1.95. The van der Waals surface area contributed by atoms with Crippen LogP contribution in [0.2, 0.25) is 0 Å². The molecule has 0 aliphatic rings. The molecule has 2 N–H and O–H groups in total. The third-order valence-corrected chi connectivity index (χ3v) is 5.07. The summed E-state index contributed by atoms with van der Waals surface area (Å²) in [6.07, 6.45) is 1.67. The minimum absolute atomic E-state index is 0.0113. The van der Waals surface area contributed by atoms with Crippen molar-refractivity contribution < 1.29 is 17.9 Å². The second-order valence-corrected chi connectivity index (χ2v) is 6.90. The van der Waals surface area contributed by atoms with Crippen molar-refractivity contribution in [2.45, 2.75) is 11.8 Å². The van der Waals surface area contributed by atoms with E-state index in [2.05, 4.69) is 14.9 Å². The number of rotatable bonds is 5. The Bertz CT molecular complexity index is 996. The van der Waals surface area contributed by atoms with Crippen molar-refractivity contribution in [1.82, 2.24) is 10.2 Å². The zero-order valence-corrected chi connectivity index (χ0v) is 14.3. The average Bonchev–Trinajstić information content (AvgIpc) is 3.01. The van der Waals surface area contributed by atoms with Crippen LogP contribution < -0.4 is 14.2 Å². The van der Waals surface area contributed by atoms with Gasteiger partial charge < -0.3 is 9.47 Å². The number of nitrogens with zero attached hydrogens (tertiary/aromatic N) is 1. The summed E-state index contributed by atoms with van der Waals surface area (Å²) in [6, 6.07) is 8.21. The zero-order chi connectivity index (χ0) is 17.3. The minimum atomic E-state index is -3.85. The van der Waals surface area contributed by atoms with Crippen LogP contribution in [0.4, 0.5) is 5.69 Å². The highest BCUT2D eigenvalue weighted by molar-refractivity contribution is 7.92. The van der Waals surface area contributed by atoms with E-state index < -0.39 is 10.0 Å². The summed E-state index contributed by atoms with van der Waals surface area (Å²) in [4.78, 5) is 0.0113. The Morgan fingerprint density at radius 2 is 1.83 bits per heavy atom. The first-order valence-corrected chi connectivity index (χ1v) is 8.61. The van der Waals surface area contributed by atoms with Gasteiger partial charge in [-0.2, -0.15) is 5.10 Å². The van der Waals surface area contributed by atoms with E-state index in [-0.39, 0.29) is 10.6 Å². The van der Waals surface area contributed by atoms with Crippen molar-refractivity contribution in [2.75, 3.05) is 18.9 Å². The van der Waals surface area contributed by atoms with Gasteiger partial charge in [0.2, 0.25) is 0 Å². The SMILES string of the molecule is COc1cc(S(=O)(=O)Nc2ccc3cn[nH]c3c2)c(OC)cc1C. The van der Waals surface area contributed by atoms with Crippen LogP contribution in [0.3, 0.4) is 0 Å². The first kappa shape index (κ1) is 16.1. The van der Waals surface area contributed by atoms with Crippen molar-refractivity contribution in [2.24, 2.45) is 0 Å². The molecule has 24 heavy (non-hydrogen) atoms. The number of aromatic nitrogens is 2. The van der Waals surface area contributed by atoms with Gasteiger partial charge in [0.15, 0.2) is 0 Å². The molecule has 0 aliphatic carbocycles. The van der Waals surface area contributed by atoms with Gasteiger partial charge in [0.05, 0.1) is 31.6 Å². The molecule has 8 heteroatoms. The van der Waals surface area contributed by atoms with Crippen molar-refractivity contribution in [3.63, 3.8) is 0 Å². The Morgan fingerprint density at radius 1 is 1.08 bits per heavy atom. The molecule has 0 radical (unpaired) electrons. The number of H-pyrrole nitrogens is 1. The summed E-state index contributed by atoms with van der Waals surface area (Å²) in [6.45, 7) is 1.82. The molecule has 0 unspecified atom stereocenters. The predicted octanol–water partition coefficient (Wildman–Crippen LogP) is 2.69. The topological polar surface area (TPSA) is 93.3 Å². The van der Waals surface area contributed by atoms with Crippen molar-refractivity contribution in [3.05, 3.63) is 42.1 Å². The summed E-state index contributed by atoms with van der Waals surface area (Å²) in [5.74, 6) is 0.726. The van der Waals surface area contributed by atoms with Crippen molar-refractivity contribution in [3.8, 4) is 11.5 Å². The highest BCUT2D eigenvalue weighted by Gasteiger charge is 2.22. The number of aromatic amines is 1. The molecule has 1 heterocycles. The third-order valence-electron chi connectivity index (χ3n) is 3.66. The van der Waals surface area contributed by atoms with Gasteiger partial charge in [-0.1, -0.05) is 0 Å². The second-order valence-electron chi connectivity index (χ2n) is 5.25. The van der Waals surface area contributed by atoms with Gasteiger partial charge in [0.25, 0.3) is 10.0 Å². The van der Waals surface area contributed by atoms with Crippen LogP contribution in [0, 0.1) is 6.92 Å². The van der Waals surface area contributed by atoms with Crippen LogP contribution in [-0.4, -0.2) is 32.8 Å². The molecule has 3 rings (SSSR count). The molecule has 0 amide bonds. The van der Waals surface area contributed by atoms with Crippen molar-refractivity contribution >= 4 is 26.6 Å². The minimum Gasteiger partial charge on any atom is -0.496 e. The van der Waals surface area contributed by atoms with E-state index in [9.17, 15) is 8.42 Å². The smallest absolute Gasteiger partial charge is 0.265 e. The average molecular weight is 347 g/mol. The fourth-order valence-electron chi connectivity index (χ4n) is 2.44. The van der Waals surface area contributed by atoms with E-state index in [4.69, 9.17) is 9.47 Å². The van der Waals surface area contributed by atoms with E-state index in [1.54, 1.807) is 30.5 Å². The second kappa shape index (κ2) is 6.04. The molecular weight excluding hydrogens is 330 g/mol. The molecule has 7 nitrogen and oxygen atoms in total. The fraction of sp³-hybridized carbons (Fsp3) is 0.188. The van der Waals surface area contributed by atoms with E-state index in [1.165, 1.54) is 20.3 Å². The lowest BCUT2D eigenvalue weighted by molar-refractivity contribution is 0.390. The third kappa shape index (κ3) is 2.88. The highest BCUT2D eigenvalue weighted by Crippen LogP contribution is 2.33. The number of nitrogens with one attached hydrogen (secondary N) is 2. The Hall–Kier alpha value is -2.74. The van der Waals surface area contributed by atoms with Gasteiger partial charge in [-0.3, -0.25) is 9.82 Å². The number of anilines is 1. The number of methoxy groups -OCH3 is 2. The van der Waals surface area contributed by atoms with Crippen LogP contribution in [0.5, 0.6) is 11.5 Å². The lowest BCUT2D eigenvalue weighted by Crippen LogP contribution is -2.14. The van der Waals surface area contributed by atoms with Gasteiger partial charge in [-0.15, -0.1) is 0 Å². The van der Waals surface area contributed by atoms with Gasteiger partial charge in [-0.25, -0.2) is 8.42 Å². The van der Waals surface area contributed by atoms with Crippen molar-refractivity contribution in [1.29, 1.82) is 0 Å². The lowest BCUT2D eigenvalue weighted by Gasteiger charge is -2.14. The highest BCUT2D eigenvalue weighted by atomic mass is 32.2. The largest absolute Gasteiger partial charge is 0.496 e. The molecule has 0 bridgehead atoms. The van der Waals surface area contributed by atoms with E-state index in [1.807, 2.05) is 6.92 Å². The molecule has 0 spiro atoms. The number of fused-ring (bicyclic) bond motifs is 1. The van der Waals surface area contributed by atoms with Gasteiger partial charge >= 0.3 is 0 Å². The number of benzene rings is 2. The van der Waals surface area contributed by atoms with E-state index in [0.29, 0.717) is 11.4 Å². The van der Waals surface area contributed by atoms with E-state index >= 15 is 0 Å². The number of hydrogen-bond donors (Lipinski definition) is 2. The maximum absolute atomic E-state index is 12.8. The van der Waals surface area contributed by atoms with Crippen LogP contribution >= 0.6 is 0 Å². The zero-order valence-electron chi connectivity index (χ0n) is 13.5. The molecule has 1 aromatic heterocycles. The van der Waals surface area contributed by atoms with E-state index in [0.717, 1.165) is 16.5 Å². The Labute approximate surface area is 139 Å². The number of sulfonamides is 1. The Morgan fingerprint density at radius 3 is 2.54 bits per heavy atom. The van der Waals surface area contributed by atoms with Gasteiger partial charge in [-0.05, 0) is 36.8 Å². The van der Waals surface area contributed by atoms with Crippen LogP contribution in [-0.2, 0) is 10.0 Å². The summed E-state index contributed by atoms with van der Waals surface area (Å²) < 4.78 is 38.5. The molecule has 0 fully saturated rings. The first-order chi connectivity index (χ1) is 11.4. The molecule has 126 valence electrons. The Balaban J connectivity index is 2.03. The summed E-state index contributed by atoms with van der Waals surface area (Å²) in [5, 5.41) is 7.62.